The lowest BCUT2D eigenvalue weighted by Gasteiger charge is -2.30. The number of esters is 2. The van der Waals surface area contributed by atoms with Crippen LogP contribution in [0, 0.1) is 11.8 Å². The van der Waals surface area contributed by atoms with Crippen molar-refractivity contribution in [2.75, 3.05) is 0 Å². The molecule has 0 aromatic rings. The van der Waals surface area contributed by atoms with Gasteiger partial charge >= 0.3 is 11.9 Å². The third-order valence-corrected chi connectivity index (χ3v) is 4.89. The van der Waals surface area contributed by atoms with E-state index in [9.17, 15) is 9.59 Å². The molecule has 0 bridgehead atoms. The fourth-order valence-corrected chi connectivity index (χ4v) is 3.96. The van der Waals surface area contributed by atoms with Gasteiger partial charge in [0.1, 0.15) is 12.2 Å². The minimum absolute atomic E-state index is 0.00449. The summed E-state index contributed by atoms with van der Waals surface area (Å²) in [6.07, 6.45) is 1.85. The predicted molar refractivity (Wildman–Crippen MR) is 77.2 cm³/mol. The number of fused-ring (bicyclic) bond motifs is 2. The average molecular weight is 288 g/mol. The largest absolute Gasteiger partial charge is 0.461 e. The smallest absolute Gasteiger partial charge is 0.334 e. The van der Waals surface area contributed by atoms with Gasteiger partial charge in [-0.1, -0.05) is 29.9 Å². The summed E-state index contributed by atoms with van der Waals surface area (Å²) in [7, 11) is 0. The predicted octanol–water partition coefficient (Wildman–Crippen LogP) is 2.70. The topological polar surface area (TPSA) is 52.6 Å². The van der Waals surface area contributed by atoms with Crippen LogP contribution in [0.25, 0.3) is 0 Å². The van der Waals surface area contributed by atoms with Crippen LogP contribution in [0.1, 0.15) is 33.1 Å². The highest BCUT2D eigenvalue weighted by atomic mass is 16.6. The molecule has 3 aliphatic rings. The van der Waals surface area contributed by atoms with E-state index >= 15 is 0 Å². The first-order valence-corrected chi connectivity index (χ1v) is 7.33. The van der Waals surface area contributed by atoms with Gasteiger partial charge in [0.05, 0.1) is 5.92 Å². The molecule has 4 heteroatoms. The van der Waals surface area contributed by atoms with Crippen molar-refractivity contribution in [2.24, 2.45) is 11.8 Å². The van der Waals surface area contributed by atoms with E-state index in [1.165, 1.54) is 18.1 Å². The van der Waals surface area contributed by atoms with Crippen LogP contribution in [0.3, 0.4) is 0 Å². The molecule has 1 aliphatic heterocycles. The first-order valence-electron chi connectivity index (χ1n) is 7.33. The number of carbonyl (C=O) groups is 2. The van der Waals surface area contributed by atoms with Crippen LogP contribution in [-0.2, 0) is 19.1 Å². The molecule has 1 heterocycles. The summed E-state index contributed by atoms with van der Waals surface area (Å²) in [6, 6.07) is 0. The lowest BCUT2D eigenvalue weighted by atomic mass is 9.82. The van der Waals surface area contributed by atoms with Crippen molar-refractivity contribution in [1.82, 2.24) is 0 Å². The number of hydrogen-bond donors (Lipinski definition) is 0. The van der Waals surface area contributed by atoms with Crippen molar-refractivity contribution in [3.63, 3.8) is 0 Å². The molecule has 0 aromatic carbocycles. The summed E-state index contributed by atoms with van der Waals surface area (Å²) in [5, 5.41) is 0. The Morgan fingerprint density at radius 3 is 2.71 bits per heavy atom. The Balaban J connectivity index is 2.08. The summed E-state index contributed by atoms with van der Waals surface area (Å²) in [6.45, 7) is 11.5. The maximum atomic E-state index is 11.9. The highest BCUT2D eigenvalue weighted by Gasteiger charge is 2.52. The van der Waals surface area contributed by atoms with Crippen molar-refractivity contribution in [3.8, 4) is 0 Å². The van der Waals surface area contributed by atoms with E-state index < -0.39 is 6.10 Å². The first kappa shape index (κ1) is 14.1. The second-order valence-corrected chi connectivity index (χ2v) is 6.21. The molecule has 4 nitrogen and oxygen atoms in total. The van der Waals surface area contributed by atoms with Crippen LogP contribution in [0.2, 0.25) is 0 Å². The van der Waals surface area contributed by atoms with Crippen LogP contribution >= 0.6 is 0 Å². The molecule has 2 fully saturated rings. The van der Waals surface area contributed by atoms with Gasteiger partial charge in [-0.3, -0.25) is 4.79 Å². The van der Waals surface area contributed by atoms with Gasteiger partial charge < -0.3 is 9.47 Å². The first-order chi connectivity index (χ1) is 9.90. The quantitative estimate of drug-likeness (QED) is 0.423. The summed E-state index contributed by atoms with van der Waals surface area (Å²) in [5.74, 6) is -0.990. The van der Waals surface area contributed by atoms with Crippen molar-refractivity contribution in [3.05, 3.63) is 35.5 Å². The number of ether oxygens (including phenoxy) is 2. The van der Waals surface area contributed by atoms with Crippen LogP contribution < -0.4 is 0 Å². The number of carbonyl (C=O) groups excluding carboxylic acids is 2. The molecule has 0 N–H and O–H groups in total. The molecular weight excluding hydrogens is 268 g/mol. The molecule has 0 aromatic heterocycles. The molecular formula is C17H20O4. The van der Waals surface area contributed by atoms with Gasteiger partial charge in [-0.2, -0.15) is 0 Å². The summed E-state index contributed by atoms with van der Waals surface area (Å²) >= 11 is 0. The van der Waals surface area contributed by atoms with Gasteiger partial charge in [0.25, 0.3) is 0 Å². The Bertz CT molecular complexity index is 584. The lowest BCUT2D eigenvalue weighted by molar-refractivity contribution is -0.151. The van der Waals surface area contributed by atoms with E-state index in [1.807, 2.05) is 0 Å². The Labute approximate surface area is 124 Å². The third kappa shape index (κ3) is 2.13. The van der Waals surface area contributed by atoms with Crippen molar-refractivity contribution >= 4 is 11.9 Å². The van der Waals surface area contributed by atoms with Crippen molar-refractivity contribution in [2.45, 2.75) is 45.3 Å². The second-order valence-electron chi connectivity index (χ2n) is 6.21. The Kier molecular flexibility index (Phi) is 3.27. The molecule has 1 saturated carbocycles. The molecule has 2 aliphatic carbocycles. The highest BCUT2D eigenvalue weighted by Crippen LogP contribution is 2.50. The summed E-state index contributed by atoms with van der Waals surface area (Å²) < 4.78 is 11.1. The molecule has 1 saturated heterocycles. The average Bonchev–Trinajstić information content (AvgIpc) is 2.86. The maximum absolute atomic E-state index is 11.9. The monoisotopic (exact) mass is 288 g/mol. The molecule has 112 valence electrons. The van der Waals surface area contributed by atoms with E-state index in [0.29, 0.717) is 12.0 Å². The van der Waals surface area contributed by atoms with E-state index in [1.54, 1.807) is 0 Å². The SMILES string of the molecule is C=C1CCC2=C(C)C[C@@H]3OC(=O)C(=C)[C@H]3[C@H](OC(C)=O)[C@H]12. The molecule has 3 rings (SSSR count). The maximum Gasteiger partial charge on any atom is 0.334 e. The fourth-order valence-electron chi connectivity index (χ4n) is 3.96. The second kappa shape index (κ2) is 4.86. The van der Waals surface area contributed by atoms with E-state index in [2.05, 4.69) is 20.1 Å². The van der Waals surface area contributed by atoms with Crippen LogP contribution in [0.4, 0.5) is 0 Å². The third-order valence-electron chi connectivity index (χ3n) is 4.89. The zero-order chi connectivity index (χ0) is 15.3. The van der Waals surface area contributed by atoms with Crippen LogP contribution in [0.5, 0.6) is 0 Å². The number of rotatable bonds is 1. The minimum Gasteiger partial charge on any atom is -0.461 e. The minimum atomic E-state index is -0.422. The van der Waals surface area contributed by atoms with E-state index in [0.717, 1.165) is 18.4 Å². The van der Waals surface area contributed by atoms with Gasteiger partial charge in [-0.05, 0) is 19.8 Å². The van der Waals surface area contributed by atoms with E-state index in [4.69, 9.17) is 9.47 Å². The number of hydrogen-bond acceptors (Lipinski definition) is 4. The molecule has 0 spiro atoms. The zero-order valence-corrected chi connectivity index (χ0v) is 12.5. The molecule has 4 atom stereocenters. The molecule has 21 heavy (non-hydrogen) atoms. The molecule has 0 amide bonds. The Hall–Kier alpha value is -1.84. The zero-order valence-electron chi connectivity index (χ0n) is 12.5. The van der Waals surface area contributed by atoms with E-state index in [-0.39, 0.29) is 29.9 Å². The van der Waals surface area contributed by atoms with Gasteiger partial charge in [0.2, 0.25) is 0 Å². The van der Waals surface area contributed by atoms with Gasteiger partial charge in [0.15, 0.2) is 0 Å². The van der Waals surface area contributed by atoms with Gasteiger partial charge in [0, 0.05) is 24.8 Å². The standard InChI is InChI=1S/C17H20O4/c1-8-5-6-12-9(2)7-13-15(10(3)17(19)21-13)16(14(8)12)20-11(4)18/h13-16H,1,3,5-7H2,2,4H3/t13-,14+,15+,16+/m0/s1. The van der Waals surface area contributed by atoms with Crippen LogP contribution in [0.15, 0.2) is 35.5 Å². The highest BCUT2D eigenvalue weighted by molar-refractivity contribution is 5.91. The summed E-state index contributed by atoms with van der Waals surface area (Å²) in [4.78, 5) is 23.4. The normalized spacial score (nSPS) is 35.2. The van der Waals surface area contributed by atoms with Gasteiger partial charge in [-0.25, -0.2) is 4.79 Å². The molecule has 0 unspecified atom stereocenters. The fraction of sp³-hybridized carbons (Fsp3) is 0.529. The Morgan fingerprint density at radius 2 is 2.05 bits per heavy atom. The summed E-state index contributed by atoms with van der Waals surface area (Å²) in [5.41, 5.74) is 4.01. The van der Waals surface area contributed by atoms with Crippen molar-refractivity contribution in [1.29, 1.82) is 0 Å². The van der Waals surface area contributed by atoms with Gasteiger partial charge in [-0.15, -0.1) is 0 Å². The Morgan fingerprint density at radius 1 is 1.33 bits per heavy atom. The molecule has 0 radical (unpaired) electrons. The van der Waals surface area contributed by atoms with Crippen LogP contribution in [-0.4, -0.2) is 24.1 Å². The van der Waals surface area contributed by atoms with Crippen molar-refractivity contribution < 1.29 is 19.1 Å². The lowest BCUT2D eigenvalue weighted by Crippen LogP contribution is -2.37.